The van der Waals surface area contributed by atoms with Crippen molar-refractivity contribution in [1.29, 1.82) is 0 Å². The van der Waals surface area contributed by atoms with Gasteiger partial charge in [-0.05, 0) is 100 Å². The number of carbonyl (C=O) groups is 1. The number of benzene rings is 1. The van der Waals surface area contributed by atoms with Gasteiger partial charge in [-0.2, -0.15) is 0 Å². The van der Waals surface area contributed by atoms with Gasteiger partial charge in [-0.1, -0.05) is 11.6 Å². The van der Waals surface area contributed by atoms with Crippen molar-refractivity contribution < 1.29 is 19.8 Å². The van der Waals surface area contributed by atoms with Crippen molar-refractivity contribution in [3.63, 3.8) is 0 Å². The highest BCUT2D eigenvalue weighted by Crippen LogP contribution is 2.41. The average molecular weight is 527 g/mol. The van der Waals surface area contributed by atoms with Crippen LogP contribution in [-0.2, 0) is 11.2 Å². The van der Waals surface area contributed by atoms with E-state index >= 15 is 0 Å². The van der Waals surface area contributed by atoms with Gasteiger partial charge in [-0.15, -0.1) is 0 Å². The summed E-state index contributed by atoms with van der Waals surface area (Å²) in [4.78, 5) is 23.6. The Morgan fingerprint density at radius 2 is 1.97 bits per heavy atom. The fourth-order valence-electron chi connectivity index (χ4n) is 5.32. The molecular formula is C28H35ClN4O4. The van der Waals surface area contributed by atoms with Crippen LogP contribution in [0.15, 0.2) is 48.9 Å². The number of hydrogen-bond donors (Lipinski definition) is 3. The number of halogens is 1. The van der Waals surface area contributed by atoms with E-state index in [9.17, 15) is 15.1 Å². The number of aromatic nitrogens is 2. The van der Waals surface area contributed by atoms with Crippen LogP contribution >= 0.6 is 11.6 Å². The average Bonchev–Trinajstić information content (AvgIpc) is 2.94. The molecule has 1 amide bonds. The first-order chi connectivity index (χ1) is 18.0. The van der Waals surface area contributed by atoms with E-state index in [1.165, 1.54) is 11.8 Å². The van der Waals surface area contributed by atoms with Crippen molar-refractivity contribution in [2.45, 2.75) is 51.0 Å². The molecule has 4 rings (SSSR count). The van der Waals surface area contributed by atoms with Gasteiger partial charge >= 0.3 is 0 Å². The number of fused-ring (bicyclic) bond motifs is 1. The second-order valence-electron chi connectivity index (χ2n) is 9.83. The number of piperidine rings is 1. The Morgan fingerprint density at radius 3 is 2.68 bits per heavy atom. The molecule has 1 saturated heterocycles. The lowest BCUT2D eigenvalue weighted by atomic mass is 9.73. The van der Waals surface area contributed by atoms with Crippen molar-refractivity contribution in [3.8, 4) is 5.75 Å². The lowest BCUT2D eigenvalue weighted by Gasteiger charge is -2.40. The fourth-order valence-corrected chi connectivity index (χ4v) is 5.60. The third kappa shape index (κ3) is 6.57. The van der Waals surface area contributed by atoms with E-state index in [0.29, 0.717) is 47.5 Å². The molecule has 9 heteroatoms. The third-order valence-corrected chi connectivity index (χ3v) is 7.93. The van der Waals surface area contributed by atoms with Gasteiger partial charge in [-0.25, -0.2) is 5.48 Å². The zero-order chi connectivity index (χ0) is 26.3. The Hall–Kier alpha value is -2.78. The summed E-state index contributed by atoms with van der Waals surface area (Å²) in [6.45, 7) is 2.52. The van der Waals surface area contributed by atoms with Crippen molar-refractivity contribution in [1.82, 2.24) is 20.3 Å². The lowest BCUT2D eigenvalue weighted by Crippen LogP contribution is -2.48. The van der Waals surface area contributed by atoms with Gasteiger partial charge in [-0.3, -0.25) is 20.0 Å². The van der Waals surface area contributed by atoms with Gasteiger partial charge in [0.15, 0.2) is 0 Å². The lowest BCUT2D eigenvalue weighted by molar-refractivity contribution is -0.143. The van der Waals surface area contributed by atoms with E-state index in [1.54, 1.807) is 7.11 Å². The number of hydrogen-bond acceptors (Lipinski definition) is 7. The van der Waals surface area contributed by atoms with Crippen molar-refractivity contribution in [2.75, 3.05) is 26.7 Å². The molecule has 0 saturated carbocycles. The summed E-state index contributed by atoms with van der Waals surface area (Å²) < 4.78 is 5.34. The molecule has 1 aliphatic rings. The number of likely N-dealkylation sites (tertiary alicyclic amines) is 1. The first-order valence-corrected chi connectivity index (χ1v) is 13.2. The van der Waals surface area contributed by atoms with Crippen LogP contribution in [-0.4, -0.2) is 57.8 Å². The molecule has 1 aliphatic heterocycles. The molecule has 8 nitrogen and oxygen atoms in total. The molecule has 0 radical (unpaired) electrons. The van der Waals surface area contributed by atoms with Crippen molar-refractivity contribution >= 4 is 28.4 Å². The van der Waals surface area contributed by atoms with Gasteiger partial charge < -0.3 is 14.7 Å². The van der Waals surface area contributed by atoms with Gasteiger partial charge in [0.2, 0.25) is 5.91 Å². The number of amides is 1. The number of nitrogens with one attached hydrogen (secondary N) is 1. The molecule has 0 aliphatic carbocycles. The van der Waals surface area contributed by atoms with E-state index in [1.807, 2.05) is 36.1 Å². The Bertz CT molecular complexity index is 1190. The molecule has 0 bridgehead atoms. The Morgan fingerprint density at radius 1 is 1.22 bits per heavy atom. The first-order valence-electron chi connectivity index (χ1n) is 12.8. The molecule has 1 unspecified atom stereocenters. The number of unbranched alkanes of at least 4 members (excludes halogenated alkanes) is 1. The van der Waals surface area contributed by atoms with Crippen LogP contribution in [0.5, 0.6) is 5.75 Å². The molecule has 1 aromatic carbocycles. The summed E-state index contributed by atoms with van der Waals surface area (Å²) in [6, 6.07) is 9.56. The number of rotatable bonds is 11. The minimum absolute atomic E-state index is 0.329. The van der Waals surface area contributed by atoms with Gasteiger partial charge in [0.1, 0.15) is 5.75 Å². The summed E-state index contributed by atoms with van der Waals surface area (Å²) in [7, 11) is 1.58. The highest BCUT2D eigenvalue weighted by Gasteiger charge is 2.41. The second-order valence-corrected chi connectivity index (χ2v) is 10.2. The molecule has 198 valence electrons. The molecule has 0 spiro atoms. The first kappa shape index (κ1) is 27.3. The van der Waals surface area contributed by atoms with E-state index in [0.717, 1.165) is 44.3 Å². The van der Waals surface area contributed by atoms with E-state index in [2.05, 4.69) is 27.0 Å². The molecule has 1 atom stereocenters. The number of aliphatic hydroxyl groups excluding tert-OH is 1. The van der Waals surface area contributed by atoms with Crippen LogP contribution in [0.2, 0.25) is 5.02 Å². The predicted octanol–water partition coefficient (Wildman–Crippen LogP) is 4.72. The monoisotopic (exact) mass is 526 g/mol. The second kappa shape index (κ2) is 12.6. The number of pyridine rings is 2. The van der Waals surface area contributed by atoms with Gasteiger partial charge in [0.05, 0.1) is 29.2 Å². The maximum Gasteiger partial charge on any atom is 0.249 e. The van der Waals surface area contributed by atoms with Crippen LogP contribution in [0.1, 0.15) is 55.8 Å². The maximum atomic E-state index is 12.8. The number of aliphatic hydroxyl groups is 1. The zero-order valence-electron chi connectivity index (χ0n) is 21.2. The van der Waals surface area contributed by atoms with Crippen LogP contribution in [0, 0.1) is 5.41 Å². The standard InChI is InChI=1S/C28H35ClN4O4/c1-37-21-5-6-24-22(18-21)26(23(29)19-31-24)25(34)7-10-28(27(35)32-36)11-16-33(17-12-28)15-3-2-4-20-8-13-30-14-9-20/h5-6,8-9,13-14,18-19,25,34,36H,2-4,7,10-12,15-17H2,1H3,(H,32,35). The van der Waals surface area contributed by atoms with Crippen LogP contribution in [0.4, 0.5) is 0 Å². The maximum absolute atomic E-state index is 12.8. The normalized spacial score (nSPS) is 16.4. The van der Waals surface area contributed by atoms with E-state index < -0.39 is 11.5 Å². The Kier molecular flexibility index (Phi) is 9.32. The molecule has 3 N–H and O–H groups in total. The third-order valence-electron chi connectivity index (χ3n) is 7.63. The van der Waals surface area contributed by atoms with Gasteiger partial charge in [0, 0.05) is 29.5 Å². The minimum Gasteiger partial charge on any atom is -0.497 e. The summed E-state index contributed by atoms with van der Waals surface area (Å²) in [5, 5.41) is 21.8. The van der Waals surface area contributed by atoms with Gasteiger partial charge in [0.25, 0.3) is 0 Å². The van der Waals surface area contributed by atoms with Crippen molar-refractivity contribution in [2.24, 2.45) is 5.41 Å². The Balaban J connectivity index is 1.36. The molecule has 2 aromatic heterocycles. The van der Waals surface area contributed by atoms with Crippen LogP contribution in [0.25, 0.3) is 10.9 Å². The smallest absolute Gasteiger partial charge is 0.249 e. The number of aryl methyl sites for hydroxylation is 1. The van der Waals surface area contributed by atoms with E-state index in [4.69, 9.17) is 16.3 Å². The molecular weight excluding hydrogens is 492 g/mol. The van der Waals surface area contributed by atoms with Crippen LogP contribution in [0.3, 0.4) is 0 Å². The molecule has 37 heavy (non-hydrogen) atoms. The van der Waals surface area contributed by atoms with Crippen LogP contribution < -0.4 is 10.2 Å². The number of methoxy groups -OCH3 is 1. The minimum atomic E-state index is -0.889. The summed E-state index contributed by atoms with van der Waals surface area (Å²) >= 11 is 6.47. The van der Waals surface area contributed by atoms with E-state index in [-0.39, 0.29) is 5.91 Å². The molecule has 3 heterocycles. The topological polar surface area (TPSA) is 108 Å². The fraction of sp³-hybridized carbons (Fsp3) is 0.464. The number of carbonyl (C=O) groups excluding carboxylic acids is 1. The SMILES string of the molecule is COc1ccc2ncc(Cl)c(C(O)CCC3(C(=O)NO)CCN(CCCCc4ccncc4)CC3)c2c1. The summed E-state index contributed by atoms with van der Waals surface area (Å²) in [6.07, 6.45) is 9.51. The van der Waals surface area contributed by atoms with Crippen molar-refractivity contribution in [3.05, 3.63) is 65.1 Å². The number of ether oxygens (including phenoxy) is 1. The predicted molar refractivity (Wildman–Crippen MR) is 143 cm³/mol. The summed E-state index contributed by atoms with van der Waals surface area (Å²) in [5.74, 6) is 0.263. The zero-order valence-corrected chi connectivity index (χ0v) is 22.0. The molecule has 1 fully saturated rings. The highest BCUT2D eigenvalue weighted by atomic mass is 35.5. The quantitative estimate of drug-likeness (QED) is 0.188. The Labute approximate surface area is 222 Å². The largest absolute Gasteiger partial charge is 0.497 e. The molecule has 3 aromatic rings. The number of hydroxylamine groups is 1. The number of nitrogens with zero attached hydrogens (tertiary/aromatic N) is 3. The summed E-state index contributed by atoms with van der Waals surface area (Å²) in [5.41, 5.74) is 3.73. The highest BCUT2D eigenvalue weighted by molar-refractivity contribution is 6.32.